The van der Waals surface area contributed by atoms with Crippen molar-refractivity contribution < 1.29 is 13.2 Å². The first kappa shape index (κ1) is 21.4. The summed E-state index contributed by atoms with van der Waals surface area (Å²) in [7, 11) is -3.73. The molecule has 0 radical (unpaired) electrons. The maximum Gasteiger partial charge on any atom is 0.266 e. The summed E-state index contributed by atoms with van der Waals surface area (Å²) in [5, 5.41) is 11.2. The zero-order valence-corrected chi connectivity index (χ0v) is 17.7. The van der Waals surface area contributed by atoms with Crippen LogP contribution in [0.3, 0.4) is 0 Å². The monoisotopic (exact) mass is 418 g/mol. The van der Waals surface area contributed by atoms with Gasteiger partial charge in [-0.05, 0) is 50.0 Å². The number of guanidine groups is 1. The van der Waals surface area contributed by atoms with E-state index in [2.05, 4.69) is 5.32 Å². The second-order valence-electron chi connectivity index (χ2n) is 7.57. The third kappa shape index (κ3) is 4.98. The zero-order chi connectivity index (χ0) is 20.9. The Hall–Kier alpha value is -2.35. The van der Waals surface area contributed by atoms with Gasteiger partial charge in [0.2, 0.25) is 11.9 Å². The van der Waals surface area contributed by atoms with Crippen LogP contribution in [0.2, 0.25) is 0 Å². The molecule has 0 unspecified atom stereocenters. The lowest BCUT2D eigenvalue weighted by molar-refractivity contribution is -0.116. The highest BCUT2D eigenvalue weighted by Gasteiger charge is 2.38. The van der Waals surface area contributed by atoms with Gasteiger partial charge >= 0.3 is 0 Å². The van der Waals surface area contributed by atoms with Crippen LogP contribution in [0.25, 0.3) is 0 Å². The number of hydrogen-bond acceptors (Lipinski definition) is 4. The van der Waals surface area contributed by atoms with Gasteiger partial charge in [-0.15, -0.1) is 0 Å². The Bertz CT molecular complexity index is 858. The number of sulfonamides is 1. The van der Waals surface area contributed by atoms with Crippen LogP contribution in [0.5, 0.6) is 0 Å². The van der Waals surface area contributed by atoms with E-state index in [9.17, 15) is 13.2 Å². The van der Waals surface area contributed by atoms with E-state index in [1.165, 1.54) is 16.8 Å². The summed E-state index contributed by atoms with van der Waals surface area (Å²) in [5.74, 6) is -0.0329. The minimum atomic E-state index is -3.73. The fourth-order valence-corrected chi connectivity index (χ4v) is 5.42. The molecule has 0 bridgehead atoms. The van der Waals surface area contributed by atoms with Crippen molar-refractivity contribution >= 4 is 21.9 Å². The maximum atomic E-state index is 13.1. The van der Waals surface area contributed by atoms with Crippen molar-refractivity contribution in [1.82, 2.24) is 14.5 Å². The summed E-state index contributed by atoms with van der Waals surface area (Å²) in [6.45, 7) is 3.19. The molecule has 1 aromatic rings. The summed E-state index contributed by atoms with van der Waals surface area (Å²) in [6.07, 6.45) is 9.38. The van der Waals surface area contributed by atoms with Crippen molar-refractivity contribution in [2.45, 2.75) is 56.4 Å². The van der Waals surface area contributed by atoms with Crippen LogP contribution in [0.1, 0.15) is 44.6 Å². The van der Waals surface area contributed by atoms with Gasteiger partial charge in [0.05, 0.1) is 11.4 Å². The summed E-state index contributed by atoms with van der Waals surface area (Å²) in [6, 6.07) is 7.02. The molecule has 158 valence electrons. The smallest absolute Gasteiger partial charge is 0.266 e. The topological polar surface area (TPSA) is 93.6 Å². The molecule has 1 saturated heterocycles. The van der Waals surface area contributed by atoms with E-state index >= 15 is 0 Å². The van der Waals surface area contributed by atoms with E-state index in [1.807, 2.05) is 4.90 Å². The average Bonchev–Trinajstić information content (AvgIpc) is 3.11. The third-order valence-corrected chi connectivity index (χ3v) is 7.41. The minimum Gasteiger partial charge on any atom is -0.352 e. The number of rotatable bonds is 7. The van der Waals surface area contributed by atoms with Gasteiger partial charge in [-0.1, -0.05) is 37.5 Å². The highest BCUT2D eigenvalue weighted by molar-refractivity contribution is 7.89. The standard InChI is InChI=1S/C21H30N4O3S/c1-2-6-20(26)23-14-13-17-9-11-19(12-10-17)29(27,28)25-16-15-24(21(25)22)18-7-4-3-5-8-18/h2,6,9-12,18,22H,3-5,7-8,13-16H2,1H3,(H,23,26)/b6-2-,22-21?. The van der Waals surface area contributed by atoms with E-state index in [0.29, 0.717) is 26.1 Å². The molecule has 2 fully saturated rings. The van der Waals surface area contributed by atoms with Crippen LogP contribution < -0.4 is 5.32 Å². The van der Waals surface area contributed by atoms with E-state index in [0.717, 1.165) is 31.2 Å². The molecule has 0 aromatic heterocycles. The first-order valence-corrected chi connectivity index (χ1v) is 11.7. The summed E-state index contributed by atoms with van der Waals surface area (Å²) < 4.78 is 27.3. The lowest BCUT2D eigenvalue weighted by Crippen LogP contribution is -2.42. The fourth-order valence-electron chi connectivity index (χ4n) is 4.03. The molecule has 1 aliphatic carbocycles. The fraction of sp³-hybridized carbons (Fsp3) is 0.524. The van der Waals surface area contributed by atoms with Crippen molar-refractivity contribution in [3.63, 3.8) is 0 Å². The number of carbonyl (C=O) groups is 1. The lowest BCUT2D eigenvalue weighted by Gasteiger charge is -2.32. The van der Waals surface area contributed by atoms with Crippen LogP contribution in [-0.4, -0.2) is 55.2 Å². The Balaban J connectivity index is 1.62. The molecular weight excluding hydrogens is 388 g/mol. The van der Waals surface area contributed by atoms with Crippen molar-refractivity contribution in [1.29, 1.82) is 5.41 Å². The van der Waals surface area contributed by atoms with Crippen molar-refractivity contribution in [3.05, 3.63) is 42.0 Å². The minimum absolute atomic E-state index is 0.104. The molecule has 1 aromatic carbocycles. The molecule has 29 heavy (non-hydrogen) atoms. The van der Waals surface area contributed by atoms with E-state index < -0.39 is 10.0 Å². The van der Waals surface area contributed by atoms with Crippen LogP contribution in [0.15, 0.2) is 41.3 Å². The molecular formula is C21H30N4O3S. The molecule has 1 saturated carbocycles. The van der Waals surface area contributed by atoms with Crippen molar-refractivity contribution in [2.24, 2.45) is 0 Å². The highest BCUT2D eigenvalue weighted by atomic mass is 32.2. The third-order valence-electron chi connectivity index (χ3n) is 5.61. The van der Waals surface area contributed by atoms with Gasteiger partial charge in [-0.25, -0.2) is 12.7 Å². The van der Waals surface area contributed by atoms with Crippen LogP contribution >= 0.6 is 0 Å². The van der Waals surface area contributed by atoms with Gasteiger partial charge in [-0.3, -0.25) is 10.2 Å². The number of allylic oxidation sites excluding steroid dienone is 1. The quantitative estimate of drug-likeness (QED) is 0.665. The number of amides is 1. The van der Waals surface area contributed by atoms with Crippen molar-refractivity contribution in [2.75, 3.05) is 19.6 Å². The Morgan fingerprint density at radius 1 is 1.17 bits per heavy atom. The van der Waals surface area contributed by atoms with E-state index in [1.54, 1.807) is 37.3 Å². The highest BCUT2D eigenvalue weighted by Crippen LogP contribution is 2.28. The predicted octanol–water partition coefficient (Wildman–Crippen LogP) is 2.50. The molecule has 8 heteroatoms. The first-order valence-electron chi connectivity index (χ1n) is 10.3. The SMILES string of the molecule is C/C=C\C(=O)NCCc1ccc(S(=O)(=O)N2CCN(C3CCCCC3)C2=N)cc1. The van der Waals surface area contributed by atoms with E-state index in [4.69, 9.17) is 5.41 Å². The van der Waals surface area contributed by atoms with Gasteiger partial charge in [0.1, 0.15) is 0 Å². The molecule has 1 amide bonds. The van der Waals surface area contributed by atoms with Gasteiger partial charge in [0, 0.05) is 19.1 Å². The first-order chi connectivity index (χ1) is 13.9. The Kier molecular flexibility index (Phi) is 6.95. The van der Waals surface area contributed by atoms with Gasteiger partial charge < -0.3 is 10.2 Å². The molecule has 1 aliphatic heterocycles. The number of hydrogen-bond donors (Lipinski definition) is 2. The molecule has 1 heterocycles. The lowest BCUT2D eigenvalue weighted by atomic mass is 9.94. The normalized spacial score (nSPS) is 18.6. The number of nitrogens with one attached hydrogen (secondary N) is 2. The second-order valence-corrected chi connectivity index (χ2v) is 9.43. The number of carbonyl (C=O) groups excluding carboxylic acids is 1. The summed E-state index contributed by atoms with van der Waals surface area (Å²) >= 11 is 0. The molecule has 0 spiro atoms. The van der Waals surface area contributed by atoms with Crippen LogP contribution in [0.4, 0.5) is 0 Å². The Labute approximate surface area is 173 Å². The van der Waals surface area contributed by atoms with Gasteiger partial charge in [-0.2, -0.15) is 0 Å². The second kappa shape index (κ2) is 9.43. The van der Waals surface area contributed by atoms with Gasteiger partial charge in [0.25, 0.3) is 10.0 Å². The number of benzene rings is 1. The molecule has 0 atom stereocenters. The summed E-state index contributed by atoms with van der Waals surface area (Å²) in [5.41, 5.74) is 0.949. The van der Waals surface area contributed by atoms with Crippen molar-refractivity contribution in [3.8, 4) is 0 Å². The number of nitrogens with zero attached hydrogens (tertiary/aromatic N) is 2. The van der Waals surface area contributed by atoms with Crippen LogP contribution in [-0.2, 0) is 21.2 Å². The van der Waals surface area contributed by atoms with Gasteiger partial charge in [0.15, 0.2) is 0 Å². The molecule has 2 N–H and O–H groups in total. The zero-order valence-electron chi connectivity index (χ0n) is 16.9. The maximum absolute atomic E-state index is 13.1. The molecule has 2 aliphatic rings. The molecule has 7 nitrogen and oxygen atoms in total. The summed E-state index contributed by atoms with van der Waals surface area (Å²) in [4.78, 5) is 13.6. The predicted molar refractivity (Wildman–Crippen MR) is 113 cm³/mol. The van der Waals surface area contributed by atoms with E-state index in [-0.39, 0.29) is 22.8 Å². The largest absolute Gasteiger partial charge is 0.352 e. The molecule has 3 rings (SSSR count). The van der Waals surface area contributed by atoms with Crippen LogP contribution in [0, 0.1) is 5.41 Å². The Morgan fingerprint density at radius 3 is 2.52 bits per heavy atom. The Morgan fingerprint density at radius 2 is 1.86 bits per heavy atom. The average molecular weight is 419 g/mol.